The van der Waals surface area contributed by atoms with Crippen LogP contribution in [0, 0.1) is 0 Å². The van der Waals surface area contributed by atoms with Crippen molar-refractivity contribution in [3.05, 3.63) is 64.7 Å². The highest BCUT2D eigenvalue weighted by molar-refractivity contribution is 7.00. The van der Waals surface area contributed by atoms with Crippen molar-refractivity contribution < 1.29 is 4.79 Å². The van der Waals surface area contributed by atoms with Gasteiger partial charge in [0, 0.05) is 18.7 Å². The Morgan fingerprint density at radius 3 is 2.86 bits per heavy atom. The molecule has 0 saturated carbocycles. The first kappa shape index (κ1) is 17.0. The number of amides is 1. The Labute approximate surface area is 164 Å². The summed E-state index contributed by atoms with van der Waals surface area (Å²) in [5, 5.41) is 0.606. The molecule has 4 aromatic rings. The van der Waals surface area contributed by atoms with Crippen LogP contribution in [-0.2, 0) is 0 Å². The van der Waals surface area contributed by atoms with Gasteiger partial charge < -0.3 is 4.90 Å². The van der Waals surface area contributed by atoms with Crippen molar-refractivity contribution in [1.82, 2.24) is 23.2 Å². The molecule has 8 heteroatoms. The lowest BCUT2D eigenvalue weighted by Crippen LogP contribution is -2.43. The summed E-state index contributed by atoms with van der Waals surface area (Å²) in [5.74, 6) is -0.0404. The van der Waals surface area contributed by atoms with E-state index in [2.05, 4.69) is 13.7 Å². The summed E-state index contributed by atoms with van der Waals surface area (Å²) in [5.41, 5.74) is 2.77. The minimum atomic E-state index is -0.0769. The average molecular weight is 391 g/mol. The summed E-state index contributed by atoms with van der Waals surface area (Å²) < 4.78 is 10.1. The van der Waals surface area contributed by atoms with E-state index >= 15 is 0 Å². The van der Waals surface area contributed by atoms with Gasteiger partial charge >= 0.3 is 0 Å². The molecular formula is C20H17N5O2S. The van der Waals surface area contributed by atoms with E-state index in [1.165, 1.54) is 0 Å². The van der Waals surface area contributed by atoms with E-state index in [9.17, 15) is 9.59 Å². The fraction of sp³-hybridized carbons (Fsp3) is 0.250. The number of fused-ring (bicyclic) bond motifs is 2. The van der Waals surface area contributed by atoms with E-state index in [0.29, 0.717) is 29.6 Å². The second-order valence-corrected chi connectivity index (χ2v) is 7.52. The smallest absolute Gasteiger partial charge is 0.261 e. The van der Waals surface area contributed by atoms with Crippen LogP contribution in [0.25, 0.3) is 21.9 Å². The quantitative estimate of drug-likeness (QED) is 0.525. The lowest BCUT2D eigenvalue weighted by Gasteiger charge is -2.33. The molecule has 3 heterocycles. The minimum Gasteiger partial charge on any atom is -0.337 e. The van der Waals surface area contributed by atoms with Crippen molar-refractivity contribution in [2.24, 2.45) is 0 Å². The fourth-order valence-corrected chi connectivity index (χ4v) is 4.32. The van der Waals surface area contributed by atoms with Gasteiger partial charge in [0.2, 0.25) is 0 Å². The number of benzene rings is 2. The van der Waals surface area contributed by atoms with Crippen molar-refractivity contribution in [1.29, 1.82) is 0 Å². The highest BCUT2D eigenvalue weighted by Crippen LogP contribution is 2.23. The molecule has 0 N–H and O–H groups in total. The molecule has 1 aliphatic rings. The van der Waals surface area contributed by atoms with Crippen LogP contribution in [0.1, 0.15) is 29.2 Å². The predicted molar refractivity (Wildman–Crippen MR) is 108 cm³/mol. The molecule has 2 aromatic heterocycles. The lowest BCUT2D eigenvalue weighted by atomic mass is 10.0. The lowest BCUT2D eigenvalue weighted by molar-refractivity contribution is 0.0677. The molecule has 1 fully saturated rings. The zero-order chi connectivity index (χ0) is 19.1. The molecule has 5 rings (SSSR count). The number of carbonyl (C=O) groups excluding carboxylic acids is 1. The largest absolute Gasteiger partial charge is 0.337 e. The number of likely N-dealkylation sites (tertiary alicyclic amines) is 1. The standard InChI is InChI=1S/C20H17N5O2S/c26-19(13-7-8-17-18(10-13)23-28-22-17)24-9-3-4-14(11-24)25-12-21-16-6-2-1-5-15(16)20(25)27/h1-2,5-8,10,12,14H,3-4,9,11H2/t14-/m0/s1. The molecule has 0 unspecified atom stereocenters. The number of hydrogen-bond acceptors (Lipinski definition) is 6. The van der Waals surface area contributed by atoms with Crippen molar-refractivity contribution >= 4 is 39.6 Å². The Balaban J connectivity index is 1.44. The summed E-state index contributed by atoms with van der Waals surface area (Å²) in [6.45, 7) is 1.17. The van der Waals surface area contributed by atoms with Crippen molar-refractivity contribution in [3.63, 3.8) is 0 Å². The summed E-state index contributed by atoms with van der Waals surface area (Å²) >= 11 is 1.14. The van der Waals surface area contributed by atoms with E-state index in [-0.39, 0.29) is 17.5 Å². The summed E-state index contributed by atoms with van der Waals surface area (Å²) in [4.78, 5) is 32.1. The molecule has 1 amide bonds. The summed E-state index contributed by atoms with van der Waals surface area (Å²) in [7, 11) is 0. The minimum absolute atomic E-state index is 0.0404. The van der Waals surface area contributed by atoms with Gasteiger partial charge in [0.25, 0.3) is 11.5 Å². The Kier molecular flexibility index (Phi) is 4.12. The van der Waals surface area contributed by atoms with Crippen molar-refractivity contribution in [2.45, 2.75) is 18.9 Å². The average Bonchev–Trinajstić information content (AvgIpc) is 3.22. The Morgan fingerprint density at radius 2 is 1.93 bits per heavy atom. The highest BCUT2D eigenvalue weighted by atomic mass is 32.1. The Morgan fingerprint density at radius 1 is 1.07 bits per heavy atom. The second kappa shape index (κ2) is 6.79. The van der Waals surface area contributed by atoms with Crippen LogP contribution in [0.5, 0.6) is 0 Å². The van der Waals surface area contributed by atoms with Crippen LogP contribution in [-0.4, -0.2) is 42.2 Å². The van der Waals surface area contributed by atoms with Crippen LogP contribution < -0.4 is 5.56 Å². The van der Waals surface area contributed by atoms with Gasteiger partial charge in [-0.3, -0.25) is 14.2 Å². The van der Waals surface area contributed by atoms with Gasteiger partial charge in [-0.1, -0.05) is 12.1 Å². The summed E-state index contributed by atoms with van der Waals surface area (Å²) in [6.07, 6.45) is 3.30. The molecule has 2 aromatic carbocycles. The number of carbonyl (C=O) groups is 1. The molecule has 0 radical (unpaired) electrons. The van der Waals surface area contributed by atoms with Crippen LogP contribution in [0.4, 0.5) is 0 Å². The maximum absolute atomic E-state index is 13.0. The third-order valence-corrected chi connectivity index (χ3v) is 5.82. The molecule has 0 bridgehead atoms. The van der Waals surface area contributed by atoms with Crippen molar-refractivity contribution in [3.8, 4) is 0 Å². The zero-order valence-corrected chi connectivity index (χ0v) is 15.8. The van der Waals surface area contributed by atoms with Gasteiger partial charge in [-0.15, -0.1) is 0 Å². The maximum atomic E-state index is 13.0. The van der Waals surface area contributed by atoms with E-state index in [1.54, 1.807) is 29.1 Å². The number of para-hydroxylation sites is 1. The van der Waals surface area contributed by atoms with Crippen LogP contribution in [0.3, 0.4) is 0 Å². The molecule has 0 aliphatic carbocycles. The first-order valence-corrected chi connectivity index (χ1v) is 9.91. The number of rotatable bonds is 2. The Bertz CT molecular complexity index is 1250. The molecule has 1 atom stereocenters. The van der Waals surface area contributed by atoms with Crippen LogP contribution in [0.15, 0.2) is 53.6 Å². The van der Waals surface area contributed by atoms with Gasteiger partial charge in [-0.2, -0.15) is 8.75 Å². The van der Waals surface area contributed by atoms with E-state index in [0.717, 1.165) is 35.6 Å². The van der Waals surface area contributed by atoms with Gasteiger partial charge in [-0.05, 0) is 43.2 Å². The number of hydrogen-bond donors (Lipinski definition) is 0. The molecule has 28 heavy (non-hydrogen) atoms. The first-order chi connectivity index (χ1) is 13.7. The van der Waals surface area contributed by atoms with Crippen LogP contribution in [0.2, 0.25) is 0 Å². The number of nitrogens with zero attached hydrogens (tertiary/aromatic N) is 5. The molecule has 7 nitrogen and oxygen atoms in total. The van der Waals surface area contributed by atoms with Gasteiger partial charge in [0.05, 0.1) is 35.0 Å². The molecule has 1 saturated heterocycles. The molecular weight excluding hydrogens is 374 g/mol. The van der Waals surface area contributed by atoms with Gasteiger partial charge in [0.1, 0.15) is 11.0 Å². The van der Waals surface area contributed by atoms with Gasteiger partial charge in [0.15, 0.2) is 0 Å². The normalized spacial score (nSPS) is 17.3. The maximum Gasteiger partial charge on any atom is 0.261 e. The molecule has 1 aliphatic heterocycles. The third kappa shape index (κ3) is 2.86. The zero-order valence-electron chi connectivity index (χ0n) is 15.0. The topological polar surface area (TPSA) is 81.0 Å². The first-order valence-electron chi connectivity index (χ1n) is 9.18. The van der Waals surface area contributed by atoms with E-state index in [1.807, 2.05) is 29.2 Å². The van der Waals surface area contributed by atoms with Gasteiger partial charge in [-0.25, -0.2) is 4.98 Å². The number of piperidine rings is 1. The predicted octanol–water partition coefficient (Wildman–Crippen LogP) is 2.88. The molecule has 140 valence electrons. The third-order valence-electron chi connectivity index (χ3n) is 5.27. The molecule has 0 spiro atoms. The Hall–Kier alpha value is -3.13. The number of aromatic nitrogens is 4. The summed E-state index contributed by atoms with van der Waals surface area (Å²) in [6, 6.07) is 12.7. The van der Waals surface area contributed by atoms with Crippen LogP contribution >= 0.6 is 11.7 Å². The highest BCUT2D eigenvalue weighted by Gasteiger charge is 2.26. The van der Waals surface area contributed by atoms with E-state index < -0.39 is 0 Å². The SMILES string of the molecule is O=C(c1ccc2nsnc2c1)N1CCC[C@H](n2cnc3ccccc3c2=O)C1. The van der Waals surface area contributed by atoms with E-state index in [4.69, 9.17) is 0 Å². The fourth-order valence-electron chi connectivity index (χ4n) is 3.81. The second-order valence-electron chi connectivity index (χ2n) is 6.99. The van der Waals surface area contributed by atoms with Crippen molar-refractivity contribution in [2.75, 3.05) is 13.1 Å². The monoisotopic (exact) mass is 391 g/mol.